The second-order valence-electron chi connectivity index (χ2n) is 8.12. The van der Waals surface area contributed by atoms with E-state index in [0.29, 0.717) is 12.3 Å². The summed E-state index contributed by atoms with van der Waals surface area (Å²) in [6, 6.07) is 5.33. The second kappa shape index (κ2) is 9.32. The number of nitrogens with zero attached hydrogens (tertiary/aromatic N) is 3. The highest BCUT2D eigenvalue weighted by molar-refractivity contribution is 7.88. The third kappa shape index (κ3) is 5.83. The number of anilines is 1. The zero-order valence-electron chi connectivity index (χ0n) is 18.1. The minimum absolute atomic E-state index is 0.0868. The lowest BCUT2D eigenvalue weighted by Gasteiger charge is -2.33. The Bertz CT molecular complexity index is 827. The van der Waals surface area contributed by atoms with Crippen LogP contribution < -0.4 is 9.64 Å². The Balaban J connectivity index is 2.48. The molecule has 3 atom stereocenters. The molecule has 0 saturated carbocycles. The van der Waals surface area contributed by atoms with Gasteiger partial charge >= 0.3 is 0 Å². The van der Waals surface area contributed by atoms with Crippen molar-refractivity contribution in [3.8, 4) is 5.75 Å². The number of hydrogen-bond acceptors (Lipinski definition) is 6. The van der Waals surface area contributed by atoms with E-state index in [1.807, 2.05) is 44.1 Å². The predicted octanol–water partition coefficient (Wildman–Crippen LogP) is 0.793. The van der Waals surface area contributed by atoms with Crippen LogP contribution in [0.3, 0.4) is 0 Å². The standard InChI is InChI=1S/C20H33N3O5S/c1-14-11-23(15(2)13-24)20(25)10-16-9-17(21(3)4)7-8-18(16)28-19(14)12-22(5)29(6,26)27/h7-9,14-15,19,24H,10-13H2,1-6H3/t14-,15+,19+/m1/s1. The lowest BCUT2D eigenvalue weighted by atomic mass is 10.0. The number of likely N-dealkylation sites (N-methyl/N-ethyl adjacent to an activating group) is 1. The number of carbonyl (C=O) groups is 1. The number of rotatable bonds is 6. The van der Waals surface area contributed by atoms with Crippen LogP contribution in [-0.2, 0) is 21.2 Å². The number of benzene rings is 1. The SMILES string of the molecule is C[C@@H]1CN([C@@H](C)CO)C(=O)Cc2cc(N(C)C)ccc2O[C@H]1CN(C)S(C)(=O)=O. The van der Waals surface area contributed by atoms with Crippen LogP contribution in [0.25, 0.3) is 0 Å². The summed E-state index contributed by atoms with van der Waals surface area (Å²) in [6.07, 6.45) is 0.870. The van der Waals surface area contributed by atoms with Crippen LogP contribution in [0.4, 0.5) is 5.69 Å². The fraction of sp³-hybridized carbons (Fsp3) is 0.650. The summed E-state index contributed by atoms with van der Waals surface area (Å²) in [7, 11) is 2.00. The Morgan fingerprint density at radius 1 is 1.31 bits per heavy atom. The molecule has 9 heteroatoms. The maximum absolute atomic E-state index is 13.0. The van der Waals surface area contributed by atoms with Crippen molar-refractivity contribution in [3.05, 3.63) is 23.8 Å². The van der Waals surface area contributed by atoms with Crippen LogP contribution in [0.5, 0.6) is 5.75 Å². The van der Waals surface area contributed by atoms with E-state index in [2.05, 4.69) is 0 Å². The third-order valence-corrected chi connectivity index (χ3v) is 6.70. The van der Waals surface area contributed by atoms with E-state index < -0.39 is 16.1 Å². The summed E-state index contributed by atoms with van der Waals surface area (Å²) in [5.74, 6) is 0.356. The molecule has 1 aromatic carbocycles. The molecule has 0 saturated heterocycles. The van der Waals surface area contributed by atoms with Crippen molar-refractivity contribution in [2.75, 3.05) is 52.0 Å². The van der Waals surface area contributed by atoms with Crippen LogP contribution in [0, 0.1) is 5.92 Å². The van der Waals surface area contributed by atoms with Gasteiger partial charge in [-0.15, -0.1) is 0 Å². The summed E-state index contributed by atoms with van der Waals surface area (Å²) in [6.45, 7) is 4.14. The molecule has 1 amide bonds. The van der Waals surface area contributed by atoms with Crippen molar-refractivity contribution >= 4 is 21.6 Å². The van der Waals surface area contributed by atoms with Gasteiger partial charge in [0.05, 0.1) is 31.9 Å². The molecule has 0 spiro atoms. The normalized spacial score (nSPS) is 21.7. The molecule has 8 nitrogen and oxygen atoms in total. The molecule has 1 aromatic rings. The monoisotopic (exact) mass is 427 g/mol. The molecule has 0 radical (unpaired) electrons. The Kier molecular flexibility index (Phi) is 7.53. The van der Waals surface area contributed by atoms with Gasteiger partial charge in [0.15, 0.2) is 0 Å². The molecular weight excluding hydrogens is 394 g/mol. The summed E-state index contributed by atoms with van der Waals surface area (Å²) >= 11 is 0. The van der Waals surface area contributed by atoms with Crippen LogP contribution in [0.2, 0.25) is 0 Å². The van der Waals surface area contributed by atoms with Gasteiger partial charge in [0.1, 0.15) is 11.9 Å². The van der Waals surface area contributed by atoms with Crippen molar-refractivity contribution in [3.63, 3.8) is 0 Å². The summed E-state index contributed by atoms with van der Waals surface area (Å²) < 4.78 is 31.4. The van der Waals surface area contributed by atoms with Gasteiger partial charge in [-0.2, -0.15) is 0 Å². The molecule has 0 bridgehead atoms. The number of carbonyl (C=O) groups excluding carboxylic acids is 1. The van der Waals surface area contributed by atoms with Crippen molar-refractivity contribution < 1.29 is 23.1 Å². The number of fused-ring (bicyclic) bond motifs is 1. The molecule has 2 rings (SSSR count). The predicted molar refractivity (Wildman–Crippen MR) is 114 cm³/mol. The number of amides is 1. The second-order valence-corrected chi connectivity index (χ2v) is 10.2. The summed E-state index contributed by atoms with van der Waals surface area (Å²) in [5.41, 5.74) is 1.69. The highest BCUT2D eigenvalue weighted by atomic mass is 32.2. The molecule has 0 aliphatic carbocycles. The van der Waals surface area contributed by atoms with E-state index in [1.54, 1.807) is 11.8 Å². The van der Waals surface area contributed by atoms with E-state index >= 15 is 0 Å². The van der Waals surface area contributed by atoms with Gasteiger partial charge in [-0.1, -0.05) is 6.92 Å². The minimum Gasteiger partial charge on any atom is -0.488 e. The van der Waals surface area contributed by atoms with Gasteiger partial charge in [0, 0.05) is 44.9 Å². The summed E-state index contributed by atoms with van der Waals surface area (Å²) in [4.78, 5) is 16.7. The minimum atomic E-state index is -3.37. The van der Waals surface area contributed by atoms with Crippen molar-refractivity contribution in [1.82, 2.24) is 9.21 Å². The summed E-state index contributed by atoms with van der Waals surface area (Å²) in [5, 5.41) is 9.63. The zero-order chi connectivity index (χ0) is 21.9. The van der Waals surface area contributed by atoms with Crippen molar-refractivity contribution in [1.29, 1.82) is 0 Å². The Hall–Kier alpha value is -1.84. The van der Waals surface area contributed by atoms with Crippen LogP contribution in [-0.4, -0.2) is 87.9 Å². The number of ether oxygens (including phenoxy) is 1. The van der Waals surface area contributed by atoms with Gasteiger partial charge in [-0.05, 0) is 25.1 Å². The van der Waals surface area contributed by atoms with Crippen molar-refractivity contribution in [2.45, 2.75) is 32.4 Å². The first-order valence-corrected chi connectivity index (χ1v) is 11.6. The topological polar surface area (TPSA) is 90.4 Å². The first-order valence-electron chi connectivity index (χ1n) is 9.72. The van der Waals surface area contributed by atoms with E-state index in [9.17, 15) is 18.3 Å². The lowest BCUT2D eigenvalue weighted by molar-refractivity contribution is -0.134. The van der Waals surface area contributed by atoms with Gasteiger partial charge in [0.25, 0.3) is 0 Å². The first kappa shape index (κ1) is 23.4. The van der Waals surface area contributed by atoms with Crippen LogP contribution >= 0.6 is 0 Å². The Morgan fingerprint density at radius 2 is 1.97 bits per heavy atom. The van der Waals surface area contributed by atoms with E-state index in [-0.39, 0.29) is 37.4 Å². The van der Waals surface area contributed by atoms with E-state index in [4.69, 9.17) is 4.74 Å². The average Bonchev–Trinajstić information content (AvgIpc) is 2.68. The van der Waals surface area contributed by atoms with E-state index in [0.717, 1.165) is 17.5 Å². The number of hydrogen-bond donors (Lipinski definition) is 1. The molecule has 0 fully saturated rings. The Morgan fingerprint density at radius 3 is 2.52 bits per heavy atom. The highest BCUT2D eigenvalue weighted by Crippen LogP contribution is 2.30. The smallest absolute Gasteiger partial charge is 0.227 e. The molecule has 29 heavy (non-hydrogen) atoms. The molecule has 1 aliphatic rings. The van der Waals surface area contributed by atoms with Gasteiger partial charge in [-0.25, -0.2) is 12.7 Å². The number of aliphatic hydroxyl groups is 1. The number of aliphatic hydroxyl groups excluding tert-OH is 1. The maximum atomic E-state index is 13.0. The molecule has 164 valence electrons. The highest BCUT2D eigenvalue weighted by Gasteiger charge is 2.32. The van der Waals surface area contributed by atoms with Gasteiger partial charge in [-0.3, -0.25) is 4.79 Å². The third-order valence-electron chi connectivity index (χ3n) is 5.42. The lowest BCUT2D eigenvalue weighted by Crippen LogP contribution is -2.48. The fourth-order valence-corrected chi connectivity index (χ4v) is 3.72. The fourth-order valence-electron chi connectivity index (χ4n) is 3.30. The van der Waals surface area contributed by atoms with Crippen molar-refractivity contribution in [2.24, 2.45) is 5.92 Å². The molecule has 1 N–H and O–H groups in total. The maximum Gasteiger partial charge on any atom is 0.227 e. The Labute approximate surface area is 174 Å². The van der Waals surface area contributed by atoms with Crippen LogP contribution in [0.15, 0.2) is 18.2 Å². The van der Waals surface area contributed by atoms with Crippen LogP contribution in [0.1, 0.15) is 19.4 Å². The molecule has 1 aliphatic heterocycles. The molecule has 1 heterocycles. The largest absolute Gasteiger partial charge is 0.488 e. The van der Waals surface area contributed by atoms with Gasteiger partial charge in [0.2, 0.25) is 15.9 Å². The average molecular weight is 428 g/mol. The zero-order valence-corrected chi connectivity index (χ0v) is 18.9. The molecule has 0 aromatic heterocycles. The van der Waals surface area contributed by atoms with Gasteiger partial charge < -0.3 is 19.6 Å². The quantitative estimate of drug-likeness (QED) is 0.722. The van der Waals surface area contributed by atoms with E-state index in [1.165, 1.54) is 11.4 Å². The molecule has 0 unspecified atom stereocenters. The molecular formula is C20H33N3O5S. The number of sulfonamides is 1. The first-order chi connectivity index (χ1) is 13.4.